The van der Waals surface area contributed by atoms with Crippen LogP contribution in [0.3, 0.4) is 0 Å². The van der Waals surface area contributed by atoms with Crippen molar-refractivity contribution in [1.29, 1.82) is 0 Å². The van der Waals surface area contributed by atoms with Crippen molar-refractivity contribution in [2.24, 2.45) is 0 Å². The Morgan fingerprint density at radius 1 is 1.54 bits per heavy atom. The zero-order valence-electron chi connectivity index (χ0n) is 8.25. The van der Waals surface area contributed by atoms with Crippen LogP contribution in [0.15, 0.2) is 17.5 Å². The van der Waals surface area contributed by atoms with Gasteiger partial charge >= 0.3 is 0 Å². The van der Waals surface area contributed by atoms with Crippen LogP contribution >= 0.6 is 11.3 Å². The van der Waals surface area contributed by atoms with Crippen LogP contribution in [0.2, 0.25) is 0 Å². The number of thiophene rings is 1. The summed E-state index contributed by atoms with van der Waals surface area (Å²) >= 11 is 1.69. The van der Waals surface area contributed by atoms with Crippen molar-refractivity contribution in [3.05, 3.63) is 22.4 Å². The highest BCUT2D eigenvalue weighted by Crippen LogP contribution is 2.33. The van der Waals surface area contributed by atoms with Crippen LogP contribution in [0.4, 0.5) is 0 Å². The summed E-state index contributed by atoms with van der Waals surface area (Å²) in [4.78, 5) is 12.4. The lowest BCUT2D eigenvalue weighted by Crippen LogP contribution is -2.25. The first kappa shape index (κ1) is 10.5. The van der Waals surface area contributed by atoms with Crippen molar-refractivity contribution >= 4 is 17.6 Å². The van der Waals surface area contributed by atoms with Gasteiger partial charge < -0.3 is 4.79 Å². The highest BCUT2D eigenvalue weighted by molar-refractivity contribution is 7.10. The fraction of sp³-hybridized carbons (Fsp3) is 0.545. The number of carbonyl (C=O) groups is 1. The van der Waals surface area contributed by atoms with Crippen molar-refractivity contribution in [2.75, 3.05) is 0 Å². The van der Waals surface area contributed by atoms with E-state index in [9.17, 15) is 4.79 Å². The lowest BCUT2D eigenvalue weighted by molar-refractivity contribution is -0.112. The molecule has 1 rings (SSSR count). The van der Waals surface area contributed by atoms with Gasteiger partial charge in [0.25, 0.3) is 0 Å². The summed E-state index contributed by atoms with van der Waals surface area (Å²) in [6, 6.07) is 4.09. The van der Waals surface area contributed by atoms with Crippen molar-refractivity contribution in [3.8, 4) is 0 Å². The summed E-state index contributed by atoms with van der Waals surface area (Å²) in [6.45, 7) is 4.21. The topological polar surface area (TPSA) is 17.1 Å². The molecule has 1 aromatic rings. The molecule has 0 aliphatic heterocycles. The summed E-state index contributed by atoms with van der Waals surface area (Å²) in [7, 11) is 0. The first-order chi connectivity index (χ1) is 6.29. The third kappa shape index (κ3) is 1.99. The molecule has 0 saturated heterocycles. The molecule has 0 aliphatic carbocycles. The molecule has 0 fully saturated rings. The van der Waals surface area contributed by atoms with E-state index in [2.05, 4.69) is 19.9 Å². The van der Waals surface area contributed by atoms with E-state index < -0.39 is 0 Å². The fourth-order valence-electron chi connectivity index (χ4n) is 1.68. The molecule has 0 saturated carbocycles. The molecule has 72 valence electrons. The lowest BCUT2D eigenvalue weighted by Gasteiger charge is -2.24. The van der Waals surface area contributed by atoms with Gasteiger partial charge in [-0.15, -0.1) is 11.3 Å². The maximum atomic E-state index is 11.2. The van der Waals surface area contributed by atoms with E-state index in [4.69, 9.17) is 0 Å². The highest BCUT2D eigenvalue weighted by Gasteiger charge is 2.29. The summed E-state index contributed by atoms with van der Waals surface area (Å²) < 4.78 is 0. The van der Waals surface area contributed by atoms with Crippen LogP contribution in [0, 0.1) is 0 Å². The normalized spacial score (nSPS) is 15.2. The molecule has 0 spiro atoms. The minimum atomic E-state index is -0.205. The Hall–Kier alpha value is -0.630. The van der Waals surface area contributed by atoms with E-state index in [0.29, 0.717) is 0 Å². The minimum Gasteiger partial charge on any atom is -0.302 e. The summed E-state index contributed by atoms with van der Waals surface area (Å²) in [5.74, 6) is 0. The average Bonchev–Trinajstić information content (AvgIpc) is 2.68. The van der Waals surface area contributed by atoms with E-state index in [1.165, 1.54) is 4.88 Å². The molecule has 0 aliphatic rings. The summed E-state index contributed by atoms with van der Waals surface area (Å²) in [6.07, 6.45) is 4.06. The van der Waals surface area contributed by atoms with Gasteiger partial charge in [0, 0.05) is 4.88 Å². The second kappa shape index (κ2) is 4.56. The second-order valence-electron chi connectivity index (χ2n) is 3.35. The van der Waals surface area contributed by atoms with E-state index in [1.54, 1.807) is 11.3 Å². The van der Waals surface area contributed by atoms with Crippen LogP contribution in [0.5, 0.6) is 0 Å². The highest BCUT2D eigenvalue weighted by atomic mass is 32.1. The van der Waals surface area contributed by atoms with E-state index >= 15 is 0 Å². The molecule has 0 N–H and O–H groups in total. The zero-order valence-corrected chi connectivity index (χ0v) is 9.06. The van der Waals surface area contributed by atoms with Gasteiger partial charge in [-0.2, -0.15) is 0 Å². The molecular weight excluding hydrogens is 180 g/mol. The van der Waals surface area contributed by atoms with E-state index in [1.807, 2.05) is 11.4 Å². The van der Waals surface area contributed by atoms with Gasteiger partial charge in [0.15, 0.2) is 0 Å². The maximum Gasteiger partial charge on any atom is 0.131 e. The second-order valence-corrected chi connectivity index (χ2v) is 4.30. The van der Waals surface area contributed by atoms with Gasteiger partial charge in [0.2, 0.25) is 0 Å². The molecule has 0 radical (unpaired) electrons. The fourth-order valence-corrected chi connectivity index (χ4v) is 2.67. The van der Waals surface area contributed by atoms with Crippen molar-refractivity contribution in [2.45, 2.75) is 38.5 Å². The first-order valence-electron chi connectivity index (χ1n) is 4.79. The van der Waals surface area contributed by atoms with Crippen molar-refractivity contribution in [3.63, 3.8) is 0 Å². The molecule has 1 atom stereocenters. The van der Waals surface area contributed by atoms with E-state index in [-0.39, 0.29) is 5.41 Å². The average molecular weight is 196 g/mol. The third-order valence-electron chi connectivity index (χ3n) is 2.56. The van der Waals surface area contributed by atoms with Crippen LogP contribution in [-0.2, 0) is 10.2 Å². The van der Waals surface area contributed by atoms with Crippen molar-refractivity contribution in [1.82, 2.24) is 0 Å². The van der Waals surface area contributed by atoms with E-state index in [0.717, 1.165) is 25.5 Å². The Morgan fingerprint density at radius 2 is 2.31 bits per heavy atom. The molecule has 2 heteroatoms. The Bertz CT molecular complexity index is 253. The number of carbonyl (C=O) groups excluding carboxylic acids is 1. The van der Waals surface area contributed by atoms with Gasteiger partial charge in [-0.05, 0) is 24.3 Å². The Balaban J connectivity index is 2.95. The number of hydrogen-bond acceptors (Lipinski definition) is 2. The van der Waals surface area contributed by atoms with Gasteiger partial charge in [-0.25, -0.2) is 0 Å². The molecular formula is C11H16OS. The van der Waals surface area contributed by atoms with Gasteiger partial charge in [-0.1, -0.05) is 26.3 Å². The maximum absolute atomic E-state index is 11.2. The SMILES string of the molecule is CCCC(C=O)(CC)c1cccs1. The largest absolute Gasteiger partial charge is 0.302 e. The smallest absolute Gasteiger partial charge is 0.131 e. The first-order valence-corrected chi connectivity index (χ1v) is 5.67. The molecule has 0 bridgehead atoms. The van der Waals surface area contributed by atoms with Crippen LogP contribution in [0.1, 0.15) is 38.0 Å². The summed E-state index contributed by atoms with van der Waals surface area (Å²) in [5, 5.41) is 2.04. The molecule has 1 unspecified atom stereocenters. The Labute approximate surface area is 83.8 Å². The monoisotopic (exact) mass is 196 g/mol. The molecule has 0 aromatic carbocycles. The van der Waals surface area contributed by atoms with Gasteiger partial charge in [0.1, 0.15) is 6.29 Å². The lowest BCUT2D eigenvalue weighted by atomic mass is 9.81. The molecule has 0 amide bonds. The van der Waals surface area contributed by atoms with Gasteiger partial charge in [0.05, 0.1) is 5.41 Å². The predicted octanol–water partition coefficient (Wildman–Crippen LogP) is 3.39. The van der Waals surface area contributed by atoms with Crippen LogP contribution < -0.4 is 0 Å². The Morgan fingerprint density at radius 3 is 2.69 bits per heavy atom. The molecule has 1 nitrogen and oxygen atoms in total. The summed E-state index contributed by atoms with van der Waals surface area (Å²) in [5.41, 5.74) is -0.205. The minimum absolute atomic E-state index is 0.205. The number of rotatable bonds is 5. The number of aldehydes is 1. The standard InChI is InChI=1S/C11H16OS/c1-3-7-11(4-2,9-12)10-6-5-8-13-10/h5-6,8-9H,3-4,7H2,1-2H3. The molecule has 1 aromatic heterocycles. The molecule has 13 heavy (non-hydrogen) atoms. The third-order valence-corrected chi connectivity index (χ3v) is 3.65. The van der Waals surface area contributed by atoms with Crippen molar-refractivity contribution < 1.29 is 4.79 Å². The zero-order chi connectivity index (χ0) is 9.73. The quantitative estimate of drug-likeness (QED) is 0.660. The number of hydrogen-bond donors (Lipinski definition) is 0. The predicted molar refractivity (Wildman–Crippen MR) is 57.3 cm³/mol. The van der Waals surface area contributed by atoms with Crippen LogP contribution in [-0.4, -0.2) is 6.29 Å². The van der Waals surface area contributed by atoms with Gasteiger partial charge in [-0.3, -0.25) is 0 Å². The van der Waals surface area contributed by atoms with Crippen LogP contribution in [0.25, 0.3) is 0 Å². The molecule has 1 heterocycles. The Kier molecular flexibility index (Phi) is 3.67.